The Labute approximate surface area is 136 Å². The van der Waals surface area contributed by atoms with Crippen LogP contribution < -0.4 is 4.74 Å². The molecule has 2 aromatic carbocycles. The van der Waals surface area contributed by atoms with Crippen LogP contribution in [0, 0.1) is 4.77 Å². The van der Waals surface area contributed by atoms with Crippen LogP contribution in [0.4, 0.5) is 0 Å². The van der Waals surface area contributed by atoms with Gasteiger partial charge in [0.05, 0.1) is 24.2 Å². The Morgan fingerprint density at radius 1 is 1.19 bits per heavy atom. The first-order chi connectivity index (χ1) is 10.1. The Morgan fingerprint density at radius 2 is 1.90 bits per heavy atom. The van der Waals surface area contributed by atoms with Crippen molar-refractivity contribution in [1.82, 2.24) is 9.55 Å². The summed E-state index contributed by atoms with van der Waals surface area (Å²) in [6.07, 6.45) is 0. The van der Waals surface area contributed by atoms with E-state index in [1.807, 2.05) is 24.3 Å². The lowest BCUT2D eigenvalue weighted by molar-refractivity contribution is 0.414. The third kappa shape index (κ3) is 2.63. The molecule has 108 valence electrons. The number of hydrogen-bond acceptors (Lipinski definition) is 2. The van der Waals surface area contributed by atoms with E-state index in [9.17, 15) is 0 Å². The highest BCUT2D eigenvalue weighted by Crippen LogP contribution is 2.27. The molecule has 21 heavy (non-hydrogen) atoms. The summed E-state index contributed by atoms with van der Waals surface area (Å²) >= 11 is 9.01. The molecule has 0 amide bonds. The molecule has 0 saturated heterocycles. The van der Waals surface area contributed by atoms with Gasteiger partial charge < -0.3 is 14.3 Å². The van der Waals surface area contributed by atoms with E-state index < -0.39 is 0 Å². The van der Waals surface area contributed by atoms with Gasteiger partial charge in [0, 0.05) is 4.47 Å². The van der Waals surface area contributed by atoms with Crippen molar-refractivity contribution < 1.29 is 4.74 Å². The topological polar surface area (TPSA) is 29.9 Å². The fourth-order valence-corrected chi connectivity index (χ4v) is 3.23. The minimum atomic E-state index is 0.145. The van der Waals surface area contributed by atoms with Gasteiger partial charge in [-0.2, -0.15) is 0 Å². The molecule has 0 saturated carbocycles. The van der Waals surface area contributed by atoms with Gasteiger partial charge in [0.1, 0.15) is 5.75 Å². The van der Waals surface area contributed by atoms with Crippen LogP contribution in [0.15, 0.2) is 46.9 Å². The number of aromatic amines is 1. The Hall–Kier alpha value is -1.59. The SMILES string of the molecule is COc1ccc(C(C)n2c(=S)[nH]c3ccc(Br)cc32)cc1. The number of fused-ring (bicyclic) bond motifs is 1. The first-order valence-electron chi connectivity index (χ1n) is 6.64. The van der Waals surface area contributed by atoms with Crippen LogP contribution in [-0.4, -0.2) is 16.7 Å². The summed E-state index contributed by atoms with van der Waals surface area (Å²) in [4.78, 5) is 3.26. The van der Waals surface area contributed by atoms with Crippen molar-refractivity contribution in [1.29, 1.82) is 0 Å². The van der Waals surface area contributed by atoms with Gasteiger partial charge in [-0.1, -0.05) is 28.1 Å². The van der Waals surface area contributed by atoms with E-state index in [2.05, 4.69) is 50.6 Å². The van der Waals surface area contributed by atoms with E-state index in [1.165, 1.54) is 5.56 Å². The van der Waals surface area contributed by atoms with Gasteiger partial charge >= 0.3 is 0 Å². The summed E-state index contributed by atoms with van der Waals surface area (Å²) in [5.74, 6) is 0.858. The Morgan fingerprint density at radius 3 is 2.57 bits per heavy atom. The van der Waals surface area contributed by atoms with E-state index in [-0.39, 0.29) is 6.04 Å². The molecule has 0 fully saturated rings. The Balaban J connectivity index is 2.12. The number of benzene rings is 2. The lowest BCUT2D eigenvalue weighted by atomic mass is 10.1. The summed E-state index contributed by atoms with van der Waals surface area (Å²) in [6.45, 7) is 2.14. The van der Waals surface area contributed by atoms with Crippen molar-refractivity contribution in [2.75, 3.05) is 7.11 Å². The van der Waals surface area contributed by atoms with E-state index in [4.69, 9.17) is 17.0 Å². The average molecular weight is 363 g/mol. The number of rotatable bonds is 3. The fourth-order valence-electron chi connectivity index (χ4n) is 2.51. The predicted octanol–water partition coefficient (Wildman–Crippen LogP) is 5.08. The van der Waals surface area contributed by atoms with Crippen LogP contribution in [0.5, 0.6) is 5.75 Å². The standard InChI is InChI=1S/C16H15BrN2OS/c1-10(11-3-6-13(20-2)7-4-11)19-15-9-12(17)5-8-14(15)18-16(19)21/h3-10H,1-2H3,(H,18,21). The van der Waals surface area contributed by atoms with Gasteiger partial charge in [0.25, 0.3) is 0 Å². The fraction of sp³-hybridized carbons (Fsp3) is 0.188. The molecule has 1 unspecified atom stereocenters. The molecule has 0 aliphatic rings. The first-order valence-corrected chi connectivity index (χ1v) is 7.84. The van der Waals surface area contributed by atoms with E-state index in [0.29, 0.717) is 0 Å². The van der Waals surface area contributed by atoms with Gasteiger partial charge in [-0.3, -0.25) is 0 Å². The van der Waals surface area contributed by atoms with E-state index >= 15 is 0 Å². The Bertz CT molecular complexity index is 836. The summed E-state index contributed by atoms with van der Waals surface area (Å²) in [6, 6.07) is 14.4. The molecule has 0 radical (unpaired) electrons. The summed E-state index contributed by atoms with van der Waals surface area (Å²) in [7, 11) is 1.67. The van der Waals surface area contributed by atoms with Crippen molar-refractivity contribution in [3.63, 3.8) is 0 Å². The van der Waals surface area contributed by atoms with Crippen molar-refractivity contribution >= 4 is 39.2 Å². The third-order valence-electron chi connectivity index (χ3n) is 3.67. The molecular weight excluding hydrogens is 348 g/mol. The highest BCUT2D eigenvalue weighted by molar-refractivity contribution is 9.10. The number of nitrogens with zero attached hydrogens (tertiary/aromatic N) is 1. The van der Waals surface area contributed by atoms with Gasteiger partial charge in [-0.25, -0.2) is 0 Å². The van der Waals surface area contributed by atoms with Gasteiger partial charge in [-0.15, -0.1) is 0 Å². The molecule has 3 rings (SSSR count). The highest BCUT2D eigenvalue weighted by atomic mass is 79.9. The largest absolute Gasteiger partial charge is 0.497 e. The predicted molar refractivity (Wildman–Crippen MR) is 91.6 cm³/mol. The number of halogens is 1. The monoisotopic (exact) mass is 362 g/mol. The minimum Gasteiger partial charge on any atom is -0.497 e. The number of imidazole rings is 1. The second-order valence-electron chi connectivity index (χ2n) is 4.91. The molecule has 1 aromatic heterocycles. The van der Waals surface area contributed by atoms with Crippen molar-refractivity contribution in [3.05, 3.63) is 57.3 Å². The van der Waals surface area contributed by atoms with Crippen molar-refractivity contribution in [2.24, 2.45) is 0 Å². The van der Waals surface area contributed by atoms with Crippen LogP contribution in [0.2, 0.25) is 0 Å². The maximum atomic E-state index is 5.49. The molecule has 0 bridgehead atoms. The number of ether oxygens (including phenoxy) is 1. The summed E-state index contributed by atoms with van der Waals surface area (Å²) < 4.78 is 9.12. The molecule has 0 aliphatic carbocycles. The molecule has 1 N–H and O–H groups in total. The maximum Gasteiger partial charge on any atom is 0.178 e. The average Bonchev–Trinajstić information content (AvgIpc) is 2.82. The molecule has 1 atom stereocenters. The molecule has 3 aromatic rings. The van der Waals surface area contributed by atoms with Gasteiger partial charge in [0.15, 0.2) is 4.77 Å². The zero-order valence-corrected chi connectivity index (χ0v) is 14.2. The second-order valence-corrected chi connectivity index (χ2v) is 6.21. The molecule has 1 heterocycles. The number of nitrogens with one attached hydrogen (secondary N) is 1. The zero-order chi connectivity index (χ0) is 15.0. The normalized spacial score (nSPS) is 12.5. The van der Waals surface area contributed by atoms with Crippen LogP contribution in [0.25, 0.3) is 11.0 Å². The van der Waals surface area contributed by atoms with Crippen LogP contribution in [-0.2, 0) is 0 Å². The van der Waals surface area contributed by atoms with Crippen LogP contribution in [0.3, 0.4) is 0 Å². The number of hydrogen-bond donors (Lipinski definition) is 1. The van der Waals surface area contributed by atoms with Crippen LogP contribution in [0.1, 0.15) is 18.5 Å². The van der Waals surface area contributed by atoms with Gasteiger partial charge in [0.2, 0.25) is 0 Å². The summed E-state index contributed by atoms with van der Waals surface area (Å²) in [5, 5.41) is 0. The molecular formula is C16H15BrN2OS. The molecule has 0 spiro atoms. The minimum absolute atomic E-state index is 0.145. The summed E-state index contributed by atoms with van der Waals surface area (Å²) in [5.41, 5.74) is 3.33. The molecule has 0 aliphatic heterocycles. The number of methoxy groups -OCH3 is 1. The second kappa shape index (κ2) is 5.66. The molecule has 3 nitrogen and oxygen atoms in total. The van der Waals surface area contributed by atoms with E-state index in [0.717, 1.165) is 26.0 Å². The molecule has 5 heteroatoms. The number of aromatic nitrogens is 2. The zero-order valence-electron chi connectivity index (χ0n) is 11.8. The van der Waals surface area contributed by atoms with E-state index in [1.54, 1.807) is 7.11 Å². The maximum absolute atomic E-state index is 5.49. The van der Waals surface area contributed by atoms with Crippen molar-refractivity contribution in [3.8, 4) is 5.75 Å². The van der Waals surface area contributed by atoms with Gasteiger partial charge in [-0.05, 0) is 55.0 Å². The highest BCUT2D eigenvalue weighted by Gasteiger charge is 2.13. The lowest BCUT2D eigenvalue weighted by Crippen LogP contribution is -2.06. The smallest absolute Gasteiger partial charge is 0.178 e. The number of H-pyrrole nitrogens is 1. The third-order valence-corrected chi connectivity index (χ3v) is 4.46. The van der Waals surface area contributed by atoms with Crippen LogP contribution >= 0.6 is 28.1 Å². The first kappa shape index (κ1) is 14.4. The quantitative estimate of drug-likeness (QED) is 0.658. The lowest BCUT2D eigenvalue weighted by Gasteiger charge is -2.15. The Kier molecular flexibility index (Phi) is 3.87. The van der Waals surface area contributed by atoms with Crippen molar-refractivity contribution in [2.45, 2.75) is 13.0 Å².